The Morgan fingerprint density at radius 3 is 2.28 bits per heavy atom. The molecule has 2 aromatic heterocycles. The van der Waals surface area contributed by atoms with Crippen molar-refractivity contribution in [3.63, 3.8) is 0 Å². The average molecular weight is 578 g/mol. The number of aromatic nitrogens is 2. The number of carbonyl (C=O) groups is 3. The minimum absolute atomic E-state index is 0.00579. The van der Waals surface area contributed by atoms with Crippen LogP contribution in [0.4, 0.5) is 0 Å². The number of rotatable bonds is 13. The van der Waals surface area contributed by atoms with Gasteiger partial charge in [0.1, 0.15) is 5.71 Å². The van der Waals surface area contributed by atoms with Gasteiger partial charge in [-0.15, -0.1) is 0 Å². The van der Waals surface area contributed by atoms with Gasteiger partial charge in [0.05, 0.1) is 0 Å². The molecule has 0 radical (unpaired) electrons. The van der Waals surface area contributed by atoms with E-state index in [1.165, 1.54) is 6.92 Å². The summed E-state index contributed by atoms with van der Waals surface area (Å²) in [4.78, 5) is 47.1. The number of ketones is 2. The average Bonchev–Trinajstić information content (AvgIpc) is 3.58. The highest BCUT2D eigenvalue weighted by Gasteiger charge is 2.22. The van der Waals surface area contributed by atoms with Gasteiger partial charge in [-0.05, 0) is 74.2 Å². The topological polar surface area (TPSA) is 93.5 Å². The number of Topliss-reactive ketones (excluding diaryl/α,β-unsaturated/α-hetero) is 2. The Kier molecular flexibility index (Phi) is 9.19. The molecule has 0 amide bonds. The molecule has 2 heterocycles. The fourth-order valence-electron chi connectivity index (χ4n) is 6.02. The zero-order chi connectivity index (χ0) is 30.5. The molecule has 0 saturated heterocycles. The van der Waals surface area contributed by atoms with E-state index in [0.29, 0.717) is 24.0 Å². The van der Waals surface area contributed by atoms with Crippen molar-refractivity contribution < 1.29 is 19.2 Å². The lowest BCUT2D eigenvalue weighted by Gasteiger charge is -2.13. The number of benzene rings is 3. The molecule has 0 aliphatic carbocycles. The molecule has 43 heavy (non-hydrogen) atoms. The fourth-order valence-corrected chi connectivity index (χ4v) is 6.02. The summed E-state index contributed by atoms with van der Waals surface area (Å²) < 4.78 is 2.20. The maximum absolute atomic E-state index is 13.8. The number of aromatic amines is 1. The molecule has 1 atom stereocenters. The van der Waals surface area contributed by atoms with Crippen molar-refractivity contribution in [3.05, 3.63) is 83.6 Å². The third-order valence-electron chi connectivity index (χ3n) is 8.35. The van der Waals surface area contributed by atoms with E-state index in [9.17, 15) is 14.4 Å². The van der Waals surface area contributed by atoms with Crippen LogP contribution in [-0.4, -0.2) is 32.8 Å². The number of H-pyrrole nitrogens is 1. The number of hydrogen-bond donors (Lipinski definition) is 1. The summed E-state index contributed by atoms with van der Waals surface area (Å²) in [5, 5.41) is 6.92. The van der Waals surface area contributed by atoms with Gasteiger partial charge >= 0.3 is 5.97 Å². The van der Waals surface area contributed by atoms with Gasteiger partial charge < -0.3 is 14.4 Å². The molecule has 7 nitrogen and oxygen atoms in total. The third-order valence-corrected chi connectivity index (χ3v) is 8.35. The van der Waals surface area contributed by atoms with Crippen LogP contribution in [-0.2, 0) is 22.6 Å². The first-order valence-electron chi connectivity index (χ1n) is 15.3. The van der Waals surface area contributed by atoms with E-state index < -0.39 is 5.97 Å². The van der Waals surface area contributed by atoms with E-state index in [-0.39, 0.29) is 23.2 Å². The molecule has 0 bridgehead atoms. The molecule has 0 fully saturated rings. The summed E-state index contributed by atoms with van der Waals surface area (Å²) in [6, 6.07) is 19.6. The molecule has 5 rings (SSSR count). The first-order chi connectivity index (χ1) is 20.9. The van der Waals surface area contributed by atoms with E-state index in [0.717, 1.165) is 70.5 Å². The van der Waals surface area contributed by atoms with Crippen LogP contribution in [0.2, 0.25) is 0 Å². The van der Waals surface area contributed by atoms with Crippen LogP contribution in [0.25, 0.3) is 32.7 Å². The fraction of sp³-hybridized carbons (Fsp3) is 0.333. The normalized spacial score (nSPS) is 12.7. The van der Waals surface area contributed by atoms with Gasteiger partial charge in [-0.2, -0.15) is 0 Å². The van der Waals surface area contributed by atoms with Crippen molar-refractivity contribution in [2.75, 3.05) is 0 Å². The Morgan fingerprint density at radius 1 is 0.907 bits per heavy atom. The lowest BCUT2D eigenvalue weighted by molar-refractivity contribution is -0.140. The van der Waals surface area contributed by atoms with Gasteiger partial charge in [-0.1, -0.05) is 50.0 Å². The zero-order valence-electron chi connectivity index (χ0n) is 25.4. The second-order valence-electron chi connectivity index (χ2n) is 11.1. The van der Waals surface area contributed by atoms with E-state index in [4.69, 9.17) is 4.84 Å². The lowest BCUT2D eigenvalue weighted by Crippen LogP contribution is -2.17. The Morgan fingerprint density at radius 2 is 1.60 bits per heavy atom. The van der Waals surface area contributed by atoms with Crippen LogP contribution in [0, 0.1) is 5.92 Å². The van der Waals surface area contributed by atoms with E-state index in [2.05, 4.69) is 35.5 Å². The SMILES string of the molecule is CCCCC(CC)C(=O)c1ccc2c(c1)c1cc(C(=O)C(CCc3c[nH]c4ccccc34)=NOC(C)=O)ccc1n2CC. The van der Waals surface area contributed by atoms with Gasteiger partial charge in [-0.3, -0.25) is 9.59 Å². The molecule has 0 saturated carbocycles. The van der Waals surface area contributed by atoms with Crippen molar-refractivity contribution in [3.8, 4) is 0 Å². The van der Waals surface area contributed by atoms with Crippen LogP contribution in [0.3, 0.4) is 0 Å². The number of oxime groups is 1. The van der Waals surface area contributed by atoms with Crippen molar-refractivity contribution in [2.45, 2.75) is 72.8 Å². The number of carbonyl (C=O) groups excluding carboxylic acids is 3. The summed E-state index contributed by atoms with van der Waals surface area (Å²) in [6.07, 6.45) is 6.59. The highest BCUT2D eigenvalue weighted by atomic mass is 16.7. The quantitative estimate of drug-likeness (QED) is 0.0658. The molecule has 0 spiro atoms. The highest BCUT2D eigenvalue weighted by Crippen LogP contribution is 2.32. The molecule has 1 unspecified atom stereocenters. The summed E-state index contributed by atoms with van der Waals surface area (Å²) in [6.45, 7) is 8.32. The maximum atomic E-state index is 13.8. The van der Waals surface area contributed by atoms with Crippen LogP contribution < -0.4 is 0 Å². The highest BCUT2D eigenvalue weighted by molar-refractivity contribution is 6.46. The number of aryl methyl sites for hydroxylation is 2. The van der Waals surface area contributed by atoms with Crippen LogP contribution in [0.15, 0.2) is 72.0 Å². The molecule has 0 aliphatic heterocycles. The predicted octanol–water partition coefficient (Wildman–Crippen LogP) is 8.43. The Hall–Kier alpha value is -4.52. The number of hydrogen-bond acceptors (Lipinski definition) is 5. The largest absolute Gasteiger partial charge is 0.361 e. The zero-order valence-corrected chi connectivity index (χ0v) is 25.4. The molecule has 1 N–H and O–H groups in total. The van der Waals surface area contributed by atoms with Gasteiger partial charge in [0.25, 0.3) is 0 Å². The second kappa shape index (κ2) is 13.2. The van der Waals surface area contributed by atoms with Crippen LogP contribution in [0.1, 0.15) is 86.1 Å². The van der Waals surface area contributed by atoms with Crippen LogP contribution >= 0.6 is 0 Å². The lowest BCUT2D eigenvalue weighted by atomic mass is 9.90. The first kappa shape index (κ1) is 30.0. The minimum Gasteiger partial charge on any atom is -0.361 e. The molecule has 5 aromatic rings. The molecule has 7 heteroatoms. The molecule has 222 valence electrons. The summed E-state index contributed by atoms with van der Waals surface area (Å²) in [7, 11) is 0. The van der Waals surface area contributed by atoms with Gasteiger partial charge in [-0.25, -0.2) is 4.79 Å². The van der Waals surface area contributed by atoms with Crippen molar-refractivity contribution >= 4 is 56.0 Å². The molecular formula is C36H39N3O4. The molecule has 3 aromatic carbocycles. The minimum atomic E-state index is -0.583. The second-order valence-corrected chi connectivity index (χ2v) is 11.1. The standard InChI is InChI=1S/C36H39N3O4/c1-5-8-11-24(6-2)35(41)25-15-18-33-29(20-25)30-21-26(16-19-34(30)39(33)7-3)36(42)32(38-43-23(4)40)17-14-27-22-37-31-13-10-9-12-28(27)31/h9-10,12-13,15-16,18-22,24,37H,5-8,11,14,17H2,1-4H3. The Labute approximate surface area is 251 Å². The van der Waals surface area contributed by atoms with E-state index in [1.807, 2.05) is 60.8 Å². The van der Waals surface area contributed by atoms with Gasteiger partial charge in [0, 0.05) is 75.8 Å². The number of nitrogens with zero attached hydrogens (tertiary/aromatic N) is 2. The predicted molar refractivity (Wildman–Crippen MR) is 173 cm³/mol. The Bertz CT molecular complexity index is 1840. The third kappa shape index (κ3) is 6.17. The first-order valence-corrected chi connectivity index (χ1v) is 15.3. The van der Waals surface area contributed by atoms with Gasteiger partial charge in [0.15, 0.2) is 5.78 Å². The van der Waals surface area contributed by atoms with Gasteiger partial charge in [0.2, 0.25) is 5.78 Å². The van der Waals surface area contributed by atoms with E-state index >= 15 is 0 Å². The molecule has 0 aliphatic rings. The van der Waals surface area contributed by atoms with Crippen molar-refractivity contribution in [2.24, 2.45) is 11.1 Å². The van der Waals surface area contributed by atoms with Crippen molar-refractivity contribution in [1.29, 1.82) is 0 Å². The summed E-state index contributed by atoms with van der Waals surface area (Å²) >= 11 is 0. The number of fused-ring (bicyclic) bond motifs is 4. The number of nitrogens with one attached hydrogen (secondary N) is 1. The number of para-hydroxylation sites is 1. The summed E-state index contributed by atoms with van der Waals surface area (Å²) in [5.74, 6) is -0.694. The number of unbranched alkanes of at least 4 members (excludes halogenated alkanes) is 1. The smallest absolute Gasteiger partial charge is 0.331 e. The maximum Gasteiger partial charge on any atom is 0.331 e. The van der Waals surface area contributed by atoms with Crippen LogP contribution in [0.5, 0.6) is 0 Å². The summed E-state index contributed by atoms with van der Waals surface area (Å²) in [5.41, 5.74) is 5.44. The van der Waals surface area contributed by atoms with E-state index in [1.54, 1.807) is 6.07 Å². The monoisotopic (exact) mass is 577 g/mol. The molecular weight excluding hydrogens is 538 g/mol. The Balaban J connectivity index is 1.51. The van der Waals surface area contributed by atoms with Crippen molar-refractivity contribution in [1.82, 2.24) is 9.55 Å².